The first-order valence-electron chi connectivity index (χ1n) is 7.71. The van der Waals surface area contributed by atoms with E-state index < -0.39 is 11.8 Å². The smallest absolute Gasteiger partial charge is 0.338 e. The van der Waals surface area contributed by atoms with Gasteiger partial charge in [-0.15, -0.1) is 0 Å². The molecule has 0 saturated carbocycles. The number of hydrogen-bond acceptors (Lipinski definition) is 2. The van der Waals surface area contributed by atoms with Crippen molar-refractivity contribution in [1.82, 2.24) is 4.90 Å². The lowest BCUT2D eigenvalue weighted by Gasteiger charge is -2.21. The van der Waals surface area contributed by atoms with E-state index >= 15 is 0 Å². The van der Waals surface area contributed by atoms with Crippen molar-refractivity contribution in [3.05, 3.63) is 35.1 Å². The number of carbonyl (C=O) groups is 1. The van der Waals surface area contributed by atoms with Gasteiger partial charge in [-0.25, -0.2) is 9.18 Å². The van der Waals surface area contributed by atoms with Crippen LogP contribution in [0.5, 0.6) is 0 Å². The fraction of sp³-hybridized carbons (Fsp3) is 0.588. The third-order valence-corrected chi connectivity index (χ3v) is 4.48. The Labute approximate surface area is 125 Å². The van der Waals surface area contributed by atoms with Crippen LogP contribution in [0.25, 0.3) is 0 Å². The third-order valence-electron chi connectivity index (χ3n) is 4.48. The summed E-state index contributed by atoms with van der Waals surface area (Å²) in [5.41, 5.74) is 0.593. The van der Waals surface area contributed by atoms with Crippen LogP contribution >= 0.6 is 0 Å². The molecule has 0 aliphatic carbocycles. The van der Waals surface area contributed by atoms with Gasteiger partial charge in [0.1, 0.15) is 5.82 Å². The summed E-state index contributed by atoms with van der Waals surface area (Å²) in [6, 6.07) is 4.44. The van der Waals surface area contributed by atoms with Gasteiger partial charge < -0.3 is 5.11 Å². The van der Waals surface area contributed by atoms with Gasteiger partial charge in [0.25, 0.3) is 0 Å². The first kappa shape index (κ1) is 16.0. The molecule has 0 radical (unpaired) electrons. The zero-order valence-electron chi connectivity index (χ0n) is 12.8. The number of carboxylic acid groups (broad SMARTS) is 1. The molecule has 1 unspecified atom stereocenters. The molecule has 21 heavy (non-hydrogen) atoms. The maximum Gasteiger partial charge on any atom is 0.338 e. The predicted molar refractivity (Wildman–Crippen MR) is 80.8 cm³/mol. The third kappa shape index (κ3) is 4.27. The van der Waals surface area contributed by atoms with Gasteiger partial charge in [0.05, 0.1) is 5.56 Å². The summed E-state index contributed by atoms with van der Waals surface area (Å²) in [5.74, 6) is -0.359. The van der Waals surface area contributed by atoms with Crippen molar-refractivity contribution in [2.24, 2.45) is 11.8 Å². The molecule has 0 aromatic heterocycles. The summed E-state index contributed by atoms with van der Waals surface area (Å²) in [5, 5.41) is 8.85. The van der Waals surface area contributed by atoms with Crippen molar-refractivity contribution >= 4 is 5.97 Å². The normalized spacial score (nSPS) is 20.5. The molecule has 1 aromatic rings. The number of nitrogens with zero attached hydrogens (tertiary/aromatic N) is 1. The van der Waals surface area contributed by atoms with E-state index in [4.69, 9.17) is 5.11 Å². The second-order valence-electron chi connectivity index (χ2n) is 6.33. The number of aromatic carboxylic acids is 1. The van der Waals surface area contributed by atoms with Gasteiger partial charge in [0.15, 0.2) is 0 Å². The highest BCUT2D eigenvalue weighted by atomic mass is 19.1. The second kappa shape index (κ2) is 7.03. The Morgan fingerprint density at radius 1 is 1.38 bits per heavy atom. The lowest BCUT2D eigenvalue weighted by Crippen LogP contribution is -2.24. The van der Waals surface area contributed by atoms with Crippen LogP contribution in [0, 0.1) is 17.7 Å². The van der Waals surface area contributed by atoms with Gasteiger partial charge in [-0.05, 0) is 61.9 Å². The van der Waals surface area contributed by atoms with Crippen molar-refractivity contribution in [3.63, 3.8) is 0 Å². The average Bonchev–Trinajstić information content (AvgIpc) is 2.64. The number of carboxylic acids is 1. The summed E-state index contributed by atoms with van der Waals surface area (Å²) in [7, 11) is 0. The summed E-state index contributed by atoms with van der Waals surface area (Å²) in [6.07, 6.45) is 3.63. The number of likely N-dealkylation sites (tertiary alicyclic amines) is 1. The van der Waals surface area contributed by atoms with Crippen molar-refractivity contribution in [2.75, 3.05) is 13.1 Å². The van der Waals surface area contributed by atoms with E-state index in [1.807, 2.05) is 0 Å². The molecule has 0 amide bonds. The number of rotatable bonds is 4. The van der Waals surface area contributed by atoms with Gasteiger partial charge in [0, 0.05) is 6.54 Å². The molecule has 1 heterocycles. The molecule has 0 bridgehead atoms. The van der Waals surface area contributed by atoms with E-state index in [1.165, 1.54) is 31.4 Å². The van der Waals surface area contributed by atoms with Crippen molar-refractivity contribution in [1.29, 1.82) is 0 Å². The lowest BCUT2D eigenvalue weighted by atomic mass is 9.89. The first-order chi connectivity index (χ1) is 9.97. The van der Waals surface area contributed by atoms with Crippen LogP contribution < -0.4 is 0 Å². The van der Waals surface area contributed by atoms with Gasteiger partial charge >= 0.3 is 5.97 Å². The fourth-order valence-corrected chi connectivity index (χ4v) is 3.10. The monoisotopic (exact) mass is 293 g/mol. The zero-order valence-corrected chi connectivity index (χ0v) is 12.8. The topological polar surface area (TPSA) is 40.5 Å². The molecule has 1 aliphatic heterocycles. The van der Waals surface area contributed by atoms with Crippen LogP contribution in [0.15, 0.2) is 18.2 Å². The molecule has 0 spiro atoms. The molecule has 1 fully saturated rings. The maximum atomic E-state index is 13.7. The van der Waals surface area contributed by atoms with Gasteiger partial charge in [-0.3, -0.25) is 4.90 Å². The van der Waals surface area contributed by atoms with E-state index in [0.29, 0.717) is 6.54 Å². The van der Waals surface area contributed by atoms with Crippen LogP contribution in [-0.4, -0.2) is 29.1 Å². The highest BCUT2D eigenvalue weighted by Crippen LogP contribution is 2.25. The highest BCUT2D eigenvalue weighted by Gasteiger charge is 2.20. The standard InChI is InChI=1S/C17H24FNO2/c1-12(2)14-4-3-8-19(9-7-14)11-13-5-6-15(17(20)21)16(18)10-13/h5-6,10,12,14H,3-4,7-9,11H2,1-2H3,(H,20,21). The van der Waals surface area contributed by atoms with Crippen molar-refractivity contribution in [2.45, 2.75) is 39.7 Å². The molecule has 2 rings (SSSR count). The molecular weight excluding hydrogens is 269 g/mol. The van der Waals surface area contributed by atoms with Crippen LogP contribution in [0.1, 0.15) is 49.0 Å². The predicted octanol–water partition coefficient (Wildman–Crippen LogP) is 3.78. The number of hydrogen-bond donors (Lipinski definition) is 1. The van der Waals surface area contributed by atoms with Crippen molar-refractivity contribution < 1.29 is 14.3 Å². The molecule has 1 saturated heterocycles. The summed E-state index contributed by atoms with van der Waals surface area (Å²) >= 11 is 0. The molecule has 1 N–H and O–H groups in total. The molecule has 1 aromatic carbocycles. The quantitative estimate of drug-likeness (QED) is 0.918. The van der Waals surface area contributed by atoms with E-state index in [1.54, 1.807) is 6.07 Å². The molecule has 3 nitrogen and oxygen atoms in total. The molecule has 1 atom stereocenters. The molecule has 1 aliphatic rings. The first-order valence-corrected chi connectivity index (χ1v) is 7.71. The van der Waals surface area contributed by atoms with Crippen LogP contribution in [0.4, 0.5) is 4.39 Å². The molecule has 4 heteroatoms. The van der Waals surface area contributed by atoms with E-state index in [2.05, 4.69) is 18.7 Å². The van der Waals surface area contributed by atoms with E-state index in [0.717, 1.165) is 30.5 Å². The van der Waals surface area contributed by atoms with Gasteiger partial charge in [-0.2, -0.15) is 0 Å². The Hall–Kier alpha value is -1.42. The highest BCUT2D eigenvalue weighted by molar-refractivity contribution is 5.87. The zero-order chi connectivity index (χ0) is 15.4. The van der Waals surface area contributed by atoms with E-state index in [9.17, 15) is 9.18 Å². The van der Waals surface area contributed by atoms with Crippen LogP contribution in [-0.2, 0) is 6.54 Å². The van der Waals surface area contributed by atoms with Crippen LogP contribution in [0.3, 0.4) is 0 Å². The van der Waals surface area contributed by atoms with Gasteiger partial charge in [0.2, 0.25) is 0 Å². The van der Waals surface area contributed by atoms with Crippen molar-refractivity contribution in [3.8, 4) is 0 Å². The molecular formula is C17H24FNO2. The Morgan fingerprint density at radius 2 is 2.14 bits per heavy atom. The number of benzene rings is 1. The lowest BCUT2D eigenvalue weighted by molar-refractivity contribution is 0.0692. The SMILES string of the molecule is CC(C)C1CCCN(Cc2ccc(C(=O)O)c(F)c2)CC1. The summed E-state index contributed by atoms with van der Waals surface area (Å²) < 4.78 is 13.7. The van der Waals surface area contributed by atoms with Crippen LogP contribution in [0.2, 0.25) is 0 Å². The average molecular weight is 293 g/mol. The Morgan fingerprint density at radius 3 is 2.76 bits per heavy atom. The Balaban J connectivity index is 1.98. The Bertz CT molecular complexity index is 502. The summed E-state index contributed by atoms with van der Waals surface area (Å²) in [4.78, 5) is 13.2. The molecule has 116 valence electrons. The fourth-order valence-electron chi connectivity index (χ4n) is 3.10. The minimum Gasteiger partial charge on any atom is -0.478 e. The largest absolute Gasteiger partial charge is 0.478 e. The Kier molecular flexibility index (Phi) is 5.34. The van der Waals surface area contributed by atoms with Gasteiger partial charge in [-0.1, -0.05) is 19.9 Å². The van der Waals surface area contributed by atoms with E-state index in [-0.39, 0.29) is 5.56 Å². The summed E-state index contributed by atoms with van der Waals surface area (Å²) in [6.45, 7) is 7.32. The number of halogens is 1. The maximum absolute atomic E-state index is 13.7. The second-order valence-corrected chi connectivity index (χ2v) is 6.33. The minimum atomic E-state index is -1.21. The minimum absolute atomic E-state index is 0.255.